The number of aromatic nitrogens is 1. The second kappa shape index (κ2) is 5.65. The van der Waals surface area contributed by atoms with Crippen LogP contribution in [-0.2, 0) is 0 Å². The Bertz CT molecular complexity index is 184. The summed E-state index contributed by atoms with van der Waals surface area (Å²) in [6, 6.07) is 2.94. The highest BCUT2D eigenvalue weighted by molar-refractivity contribution is 5.31. The highest BCUT2D eigenvalue weighted by Crippen LogP contribution is 2.00. The Kier molecular flexibility index (Phi) is 5.07. The summed E-state index contributed by atoms with van der Waals surface area (Å²) in [5.74, 6) is 0.366. The number of halogens is 1. The summed E-state index contributed by atoms with van der Waals surface area (Å²) in [6.07, 6.45) is 1.17. The van der Waals surface area contributed by atoms with Crippen molar-refractivity contribution < 1.29 is 4.39 Å². The van der Waals surface area contributed by atoms with Crippen molar-refractivity contribution in [1.29, 1.82) is 0 Å². The molecule has 0 aliphatic rings. The molecule has 3 heteroatoms. The van der Waals surface area contributed by atoms with Gasteiger partial charge in [-0.15, -0.1) is 0 Å². The zero-order chi connectivity index (χ0) is 8.69. The van der Waals surface area contributed by atoms with Crippen LogP contribution in [0, 0.1) is 5.82 Å². The summed E-state index contributed by atoms with van der Waals surface area (Å²) in [6.45, 7) is 4.00. The minimum atomic E-state index is -0.311. The predicted octanol–water partition coefficient (Wildman–Crippen LogP) is 2.29. The van der Waals surface area contributed by atoms with Gasteiger partial charge in [-0.2, -0.15) is 0 Å². The van der Waals surface area contributed by atoms with Crippen LogP contribution in [0.1, 0.15) is 13.8 Å². The first kappa shape index (κ1) is 9.88. The zero-order valence-electron chi connectivity index (χ0n) is 7.06. The van der Waals surface area contributed by atoms with E-state index in [1.54, 1.807) is 13.1 Å². The lowest BCUT2D eigenvalue weighted by Gasteiger charge is -1.94. The first-order chi connectivity index (χ1) is 5.33. The van der Waals surface area contributed by atoms with E-state index in [1.807, 2.05) is 13.8 Å². The van der Waals surface area contributed by atoms with Crippen LogP contribution in [-0.4, -0.2) is 12.0 Å². The van der Waals surface area contributed by atoms with Gasteiger partial charge >= 0.3 is 0 Å². The molecule has 0 radical (unpaired) electrons. The number of nitrogens with one attached hydrogen (secondary N) is 1. The molecule has 0 saturated heterocycles. The van der Waals surface area contributed by atoms with E-state index in [4.69, 9.17) is 0 Å². The molecule has 1 rings (SSSR count). The summed E-state index contributed by atoms with van der Waals surface area (Å²) in [7, 11) is 1.74. The van der Waals surface area contributed by atoms with Crippen molar-refractivity contribution in [2.45, 2.75) is 13.8 Å². The van der Waals surface area contributed by atoms with Gasteiger partial charge in [0.15, 0.2) is 0 Å². The van der Waals surface area contributed by atoms with E-state index in [0.29, 0.717) is 5.82 Å². The summed E-state index contributed by atoms with van der Waals surface area (Å²) in [4.78, 5) is 3.71. The topological polar surface area (TPSA) is 24.9 Å². The largest absolute Gasteiger partial charge is 0.373 e. The van der Waals surface area contributed by atoms with E-state index in [9.17, 15) is 4.39 Å². The van der Waals surface area contributed by atoms with E-state index in [-0.39, 0.29) is 5.82 Å². The molecule has 0 bridgehead atoms. The maximum atomic E-state index is 12.1. The number of pyridine rings is 1. The van der Waals surface area contributed by atoms with Crippen LogP contribution in [0.25, 0.3) is 0 Å². The van der Waals surface area contributed by atoms with Crippen molar-refractivity contribution in [3.63, 3.8) is 0 Å². The molecule has 0 atom stereocenters. The van der Waals surface area contributed by atoms with Gasteiger partial charge in [-0.3, -0.25) is 0 Å². The predicted molar refractivity (Wildman–Crippen MR) is 45.1 cm³/mol. The molecule has 1 aromatic rings. The van der Waals surface area contributed by atoms with Gasteiger partial charge in [0.2, 0.25) is 0 Å². The molecule has 0 saturated carbocycles. The smallest absolute Gasteiger partial charge is 0.141 e. The molecule has 2 nitrogen and oxygen atoms in total. The second-order valence-electron chi connectivity index (χ2n) is 1.61. The number of hydrogen-bond donors (Lipinski definition) is 1. The Balaban J connectivity index is 0.000000461. The van der Waals surface area contributed by atoms with Crippen molar-refractivity contribution in [3.05, 3.63) is 24.1 Å². The molecule has 0 unspecified atom stereocenters. The SMILES string of the molecule is CC.CNc1ccc(F)cn1. The molecule has 0 amide bonds. The molecule has 0 aliphatic carbocycles. The molecule has 1 heterocycles. The van der Waals surface area contributed by atoms with E-state index < -0.39 is 0 Å². The third-order valence-corrected chi connectivity index (χ3v) is 0.984. The summed E-state index contributed by atoms with van der Waals surface area (Å²) < 4.78 is 12.1. The number of nitrogens with zero attached hydrogens (tertiary/aromatic N) is 1. The fourth-order valence-electron chi connectivity index (χ4n) is 0.524. The van der Waals surface area contributed by atoms with E-state index in [0.717, 1.165) is 0 Å². The lowest BCUT2D eigenvalue weighted by molar-refractivity contribution is 0.622. The third kappa shape index (κ3) is 3.55. The van der Waals surface area contributed by atoms with E-state index >= 15 is 0 Å². The summed E-state index contributed by atoms with van der Waals surface area (Å²) >= 11 is 0. The Morgan fingerprint density at radius 3 is 2.36 bits per heavy atom. The van der Waals surface area contributed by atoms with Gasteiger partial charge in [-0.05, 0) is 12.1 Å². The van der Waals surface area contributed by atoms with Gasteiger partial charge in [0.25, 0.3) is 0 Å². The molecular formula is C8H13FN2. The summed E-state index contributed by atoms with van der Waals surface area (Å²) in [5, 5.41) is 2.78. The average molecular weight is 156 g/mol. The van der Waals surface area contributed by atoms with Crippen molar-refractivity contribution in [2.24, 2.45) is 0 Å². The molecule has 0 fully saturated rings. The number of anilines is 1. The fraction of sp³-hybridized carbons (Fsp3) is 0.375. The quantitative estimate of drug-likeness (QED) is 0.674. The lowest BCUT2D eigenvalue weighted by atomic mass is 10.4. The number of rotatable bonds is 1. The van der Waals surface area contributed by atoms with Gasteiger partial charge in [-0.1, -0.05) is 13.8 Å². The third-order valence-electron chi connectivity index (χ3n) is 0.984. The van der Waals surface area contributed by atoms with Crippen LogP contribution in [0.15, 0.2) is 18.3 Å². The Morgan fingerprint density at radius 2 is 2.00 bits per heavy atom. The van der Waals surface area contributed by atoms with Crippen LogP contribution in [0.4, 0.5) is 10.2 Å². The monoisotopic (exact) mass is 156 g/mol. The van der Waals surface area contributed by atoms with E-state index in [1.165, 1.54) is 12.3 Å². The van der Waals surface area contributed by atoms with E-state index in [2.05, 4.69) is 10.3 Å². The summed E-state index contributed by atoms with van der Waals surface area (Å²) in [5.41, 5.74) is 0. The van der Waals surface area contributed by atoms with Gasteiger partial charge in [0.05, 0.1) is 6.20 Å². The molecule has 0 aliphatic heterocycles. The van der Waals surface area contributed by atoms with Gasteiger partial charge in [-0.25, -0.2) is 9.37 Å². The Labute approximate surface area is 66.5 Å². The highest BCUT2D eigenvalue weighted by atomic mass is 19.1. The average Bonchev–Trinajstić information content (AvgIpc) is 2.10. The van der Waals surface area contributed by atoms with Gasteiger partial charge in [0, 0.05) is 7.05 Å². The number of hydrogen-bond acceptors (Lipinski definition) is 2. The minimum Gasteiger partial charge on any atom is -0.373 e. The molecule has 1 N–H and O–H groups in total. The molecular weight excluding hydrogens is 143 g/mol. The van der Waals surface area contributed by atoms with Crippen LogP contribution in [0.2, 0.25) is 0 Å². The maximum absolute atomic E-state index is 12.1. The van der Waals surface area contributed by atoms with Crippen molar-refractivity contribution in [1.82, 2.24) is 4.98 Å². The first-order valence-corrected chi connectivity index (χ1v) is 3.62. The van der Waals surface area contributed by atoms with Crippen LogP contribution < -0.4 is 5.32 Å². The highest BCUT2D eigenvalue weighted by Gasteiger charge is 1.88. The Morgan fingerprint density at radius 1 is 1.36 bits per heavy atom. The van der Waals surface area contributed by atoms with Crippen molar-refractivity contribution >= 4 is 5.82 Å². The molecule has 1 aromatic heterocycles. The Hall–Kier alpha value is -1.12. The molecule has 0 spiro atoms. The lowest BCUT2D eigenvalue weighted by Crippen LogP contribution is -1.90. The molecule has 0 aromatic carbocycles. The molecule has 62 valence electrons. The van der Waals surface area contributed by atoms with Crippen molar-refractivity contribution in [3.8, 4) is 0 Å². The zero-order valence-corrected chi connectivity index (χ0v) is 7.06. The molecule has 11 heavy (non-hydrogen) atoms. The van der Waals surface area contributed by atoms with Crippen molar-refractivity contribution in [2.75, 3.05) is 12.4 Å². The standard InChI is InChI=1S/C6H7FN2.C2H6/c1-8-6-3-2-5(7)4-9-6;1-2/h2-4H,1H3,(H,8,9);1-2H3. The van der Waals surface area contributed by atoms with Crippen LogP contribution in [0.5, 0.6) is 0 Å². The van der Waals surface area contributed by atoms with Gasteiger partial charge in [0.1, 0.15) is 11.6 Å². The van der Waals surface area contributed by atoms with Crippen LogP contribution in [0.3, 0.4) is 0 Å². The minimum absolute atomic E-state index is 0.311. The first-order valence-electron chi connectivity index (χ1n) is 3.62. The fourth-order valence-corrected chi connectivity index (χ4v) is 0.524. The maximum Gasteiger partial charge on any atom is 0.141 e. The van der Waals surface area contributed by atoms with Crippen LogP contribution >= 0.6 is 0 Å². The van der Waals surface area contributed by atoms with Gasteiger partial charge < -0.3 is 5.32 Å². The normalized spacial score (nSPS) is 8.00. The second-order valence-corrected chi connectivity index (χ2v) is 1.61.